The van der Waals surface area contributed by atoms with E-state index in [0.717, 1.165) is 18.4 Å². The molecule has 1 N–H and O–H groups in total. The molecule has 1 nitrogen and oxygen atoms in total. The van der Waals surface area contributed by atoms with Gasteiger partial charge in [-0.1, -0.05) is 67.2 Å². The van der Waals surface area contributed by atoms with E-state index in [4.69, 9.17) is 0 Å². The normalized spacial score (nSPS) is 14.3. The molecule has 1 heteroatoms. The van der Waals surface area contributed by atoms with Crippen molar-refractivity contribution in [3.63, 3.8) is 0 Å². The second-order valence-corrected chi connectivity index (χ2v) is 6.96. The Bertz CT molecular complexity index is 167. The number of unbranched alkanes of at least 4 members (excludes halogenated alkanes) is 3. The minimum atomic E-state index is 0.441. The highest BCUT2D eigenvalue weighted by atomic mass is 14.9. The summed E-state index contributed by atoms with van der Waals surface area (Å²) in [6.07, 6.45) is 6.93. The van der Waals surface area contributed by atoms with Crippen molar-refractivity contribution >= 4 is 0 Å². The first-order chi connectivity index (χ1) is 7.88. The van der Waals surface area contributed by atoms with Crippen molar-refractivity contribution in [3.8, 4) is 0 Å². The molecule has 0 spiro atoms. The molecule has 0 aliphatic carbocycles. The van der Waals surface area contributed by atoms with Crippen LogP contribution in [-0.2, 0) is 0 Å². The van der Waals surface area contributed by atoms with Crippen LogP contribution in [0.1, 0.15) is 73.6 Å². The van der Waals surface area contributed by atoms with Crippen LogP contribution in [0, 0.1) is 17.3 Å². The average molecular weight is 241 g/mol. The Morgan fingerprint density at radius 1 is 0.941 bits per heavy atom. The number of hydrogen-bond acceptors (Lipinski definition) is 1. The zero-order valence-electron chi connectivity index (χ0n) is 13.1. The summed E-state index contributed by atoms with van der Waals surface area (Å²) < 4.78 is 0. The zero-order chi connectivity index (χ0) is 13.3. The van der Waals surface area contributed by atoms with Gasteiger partial charge in [0.2, 0.25) is 0 Å². The van der Waals surface area contributed by atoms with Gasteiger partial charge in [0.25, 0.3) is 0 Å². The van der Waals surface area contributed by atoms with Crippen LogP contribution in [-0.4, -0.2) is 13.1 Å². The quantitative estimate of drug-likeness (QED) is 0.568. The van der Waals surface area contributed by atoms with Crippen LogP contribution in [0.2, 0.25) is 0 Å². The Morgan fingerprint density at radius 2 is 1.59 bits per heavy atom. The largest absolute Gasteiger partial charge is 0.316 e. The first-order valence-electron chi connectivity index (χ1n) is 7.58. The molecular formula is C16H35N. The summed E-state index contributed by atoms with van der Waals surface area (Å²) in [5.74, 6) is 1.58. The maximum Gasteiger partial charge on any atom is -0.00154 e. The van der Waals surface area contributed by atoms with E-state index in [1.807, 2.05) is 0 Å². The van der Waals surface area contributed by atoms with Gasteiger partial charge in [0.15, 0.2) is 0 Å². The smallest absolute Gasteiger partial charge is 0.00154 e. The molecule has 0 heterocycles. The van der Waals surface area contributed by atoms with E-state index in [-0.39, 0.29) is 0 Å². The third-order valence-electron chi connectivity index (χ3n) is 3.57. The molecule has 17 heavy (non-hydrogen) atoms. The molecule has 0 fully saturated rings. The minimum Gasteiger partial charge on any atom is -0.316 e. The Kier molecular flexibility index (Phi) is 8.94. The predicted octanol–water partition coefficient (Wildman–Crippen LogP) is 4.86. The van der Waals surface area contributed by atoms with Crippen LogP contribution in [0.15, 0.2) is 0 Å². The van der Waals surface area contributed by atoms with Crippen molar-refractivity contribution in [2.24, 2.45) is 17.3 Å². The maximum absolute atomic E-state index is 3.63. The first kappa shape index (κ1) is 17.0. The van der Waals surface area contributed by atoms with Crippen LogP contribution in [0.3, 0.4) is 0 Å². The van der Waals surface area contributed by atoms with Crippen molar-refractivity contribution in [1.29, 1.82) is 0 Å². The average Bonchev–Trinajstić information content (AvgIpc) is 2.19. The summed E-state index contributed by atoms with van der Waals surface area (Å²) in [7, 11) is 0. The van der Waals surface area contributed by atoms with Gasteiger partial charge in [0.05, 0.1) is 0 Å². The van der Waals surface area contributed by atoms with Crippen LogP contribution < -0.4 is 5.32 Å². The van der Waals surface area contributed by atoms with Crippen molar-refractivity contribution in [2.75, 3.05) is 13.1 Å². The van der Waals surface area contributed by atoms with E-state index in [1.54, 1.807) is 0 Å². The summed E-state index contributed by atoms with van der Waals surface area (Å²) >= 11 is 0. The lowest BCUT2D eigenvalue weighted by Crippen LogP contribution is -2.33. The Labute approximate surface area is 110 Å². The van der Waals surface area contributed by atoms with Gasteiger partial charge in [0, 0.05) is 0 Å². The van der Waals surface area contributed by atoms with Gasteiger partial charge in [-0.05, 0) is 36.8 Å². The third kappa shape index (κ3) is 9.64. The lowest BCUT2D eigenvalue weighted by molar-refractivity contribution is 0.211. The molecule has 0 bridgehead atoms. The van der Waals surface area contributed by atoms with Gasteiger partial charge in [-0.15, -0.1) is 0 Å². The fourth-order valence-corrected chi connectivity index (χ4v) is 2.21. The standard InChI is InChI=1S/C16H35N/c1-7-8-9-10-11-15(16(4,5)6)13-17-12-14(2)3/h14-15,17H,7-13H2,1-6H3. The van der Waals surface area contributed by atoms with E-state index >= 15 is 0 Å². The maximum atomic E-state index is 3.63. The van der Waals surface area contributed by atoms with Gasteiger partial charge < -0.3 is 5.32 Å². The van der Waals surface area contributed by atoms with Crippen molar-refractivity contribution in [1.82, 2.24) is 5.32 Å². The number of rotatable bonds is 9. The highest BCUT2D eigenvalue weighted by Gasteiger charge is 2.23. The second-order valence-electron chi connectivity index (χ2n) is 6.96. The Balaban J connectivity index is 3.90. The van der Waals surface area contributed by atoms with Crippen LogP contribution in [0.4, 0.5) is 0 Å². The van der Waals surface area contributed by atoms with Crippen LogP contribution in [0.25, 0.3) is 0 Å². The number of nitrogens with one attached hydrogen (secondary N) is 1. The fraction of sp³-hybridized carbons (Fsp3) is 1.00. The van der Waals surface area contributed by atoms with E-state index in [2.05, 4.69) is 46.9 Å². The topological polar surface area (TPSA) is 12.0 Å². The van der Waals surface area contributed by atoms with E-state index < -0.39 is 0 Å². The molecule has 0 amide bonds. The van der Waals surface area contributed by atoms with Gasteiger partial charge in [-0.25, -0.2) is 0 Å². The molecule has 0 aromatic carbocycles. The number of hydrogen-bond donors (Lipinski definition) is 1. The fourth-order valence-electron chi connectivity index (χ4n) is 2.21. The van der Waals surface area contributed by atoms with E-state index in [0.29, 0.717) is 5.41 Å². The Hall–Kier alpha value is -0.0400. The van der Waals surface area contributed by atoms with Crippen molar-refractivity contribution in [3.05, 3.63) is 0 Å². The monoisotopic (exact) mass is 241 g/mol. The first-order valence-corrected chi connectivity index (χ1v) is 7.58. The molecule has 0 aromatic rings. The third-order valence-corrected chi connectivity index (χ3v) is 3.57. The molecule has 0 saturated carbocycles. The predicted molar refractivity (Wildman–Crippen MR) is 79.4 cm³/mol. The highest BCUT2D eigenvalue weighted by molar-refractivity contribution is 4.76. The molecule has 0 saturated heterocycles. The lowest BCUT2D eigenvalue weighted by atomic mass is 9.77. The Morgan fingerprint density at radius 3 is 2.06 bits per heavy atom. The molecule has 0 aliphatic rings. The van der Waals surface area contributed by atoms with E-state index in [1.165, 1.54) is 38.6 Å². The van der Waals surface area contributed by atoms with E-state index in [9.17, 15) is 0 Å². The summed E-state index contributed by atoms with van der Waals surface area (Å²) in [4.78, 5) is 0. The van der Waals surface area contributed by atoms with Crippen LogP contribution >= 0.6 is 0 Å². The van der Waals surface area contributed by atoms with Crippen molar-refractivity contribution in [2.45, 2.75) is 73.6 Å². The second kappa shape index (κ2) is 8.97. The van der Waals surface area contributed by atoms with Gasteiger partial charge >= 0.3 is 0 Å². The molecule has 0 aliphatic heterocycles. The van der Waals surface area contributed by atoms with Gasteiger partial charge in [-0.3, -0.25) is 0 Å². The molecule has 0 aromatic heterocycles. The highest BCUT2D eigenvalue weighted by Crippen LogP contribution is 2.29. The molecule has 1 unspecified atom stereocenters. The molecular weight excluding hydrogens is 206 g/mol. The molecule has 104 valence electrons. The summed E-state index contributed by atoms with van der Waals surface area (Å²) in [5, 5.41) is 3.63. The van der Waals surface area contributed by atoms with Gasteiger partial charge in [0.1, 0.15) is 0 Å². The summed E-state index contributed by atoms with van der Waals surface area (Å²) in [6.45, 7) is 16.3. The SMILES string of the molecule is CCCCCCC(CNCC(C)C)C(C)(C)C. The summed E-state index contributed by atoms with van der Waals surface area (Å²) in [5.41, 5.74) is 0.441. The minimum absolute atomic E-state index is 0.441. The molecule has 0 rings (SSSR count). The van der Waals surface area contributed by atoms with Crippen LogP contribution in [0.5, 0.6) is 0 Å². The zero-order valence-corrected chi connectivity index (χ0v) is 13.1. The molecule has 0 radical (unpaired) electrons. The lowest BCUT2D eigenvalue weighted by Gasteiger charge is -2.31. The molecule has 1 atom stereocenters. The van der Waals surface area contributed by atoms with Gasteiger partial charge in [-0.2, -0.15) is 0 Å². The van der Waals surface area contributed by atoms with Crippen molar-refractivity contribution < 1.29 is 0 Å². The summed E-state index contributed by atoms with van der Waals surface area (Å²) in [6, 6.07) is 0.